The van der Waals surface area contributed by atoms with Crippen molar-refractivity contribution in [3.63, 3.8) is 0 Å². The summed E-state index contributed by atoms with van der Waals surface area (Å²) in [7, 11) is 0. The van der Waals surface area contributed by atoms with Gasteiger partial charge in [0.2, 0.25) is 6.10 Å². The zero-order valence-electron chi connectivity index (χ0n) is 12.8. The smallest absolute Gasteiger partial charge is 0.345 e. The maximum Gasteiger partial charge on any atom is 0.345 e. The molecule has 0 bridgehead atoms. The van der Waals surface area contributed by atoms with Gasteiger partial charge < -0.3 is 15.2 Å². The van der Waals surface area contributed by atoms with Crippen molar-refractivity contribution in [3.8, 4) is 5.75 Å². The van der Waals surface area contributed by atoms with E-state index in [-0.39, 0.29) is 0 Å². The van der Waals surface area contributed by atoms with Crippen LogP contribution >= 0.6 is 27.5 Å². The lowest BCUT2D eigenvalue weighted by molar-refractivity contribution is -0.157. The van der Waals surface area contributed by atoms with E-state index < -0.39 is 24.6 Å². The van der Waals surface area contributed by atoms with Gasteiger partial charge >= 0.3 is 5.97 Å². The van der Waals surface area contributed by atoms with Gasteiger partial charge in [0.05, 0.1) is 5.02 Å². The van der Waals surface area contributed by atoms with Gasteiger partial charge in [0.1, 0.15) is 5.75 Å². The third-order valence-electron chi connectivity index (χ3n) is 3.14. The van der Waals surface area contributed by atoms with E-state index in [4.69, 9.17) is 26.8 Å². The molecule has 0 aliphatic heterocycles. The number of ether oxygens (including phenoxy) is 2. The van der Waals surface area contributed by atoms with Crippen LogP contribution in [0.4, 0.5) is 0 Å². The topological polar surface area (TPSA) is 78.6 Å². The first kappa shape index (κ1) is 18.3. The fourth-order valence-electron chi connectivity index (χ4n) is 2.09. The average molecular weight is 413 g/mol. The molecule has 2 N–H and O–H groups in total. The Labute approximate surface area is 152 Å². The van der Waals surface area contributed by atoms with Gasteiger partial charge in [-0.05, 0) is 24.6 Å². The highest BCUT2D eigenvalue weighted by molar-refractivity contribution is 9.10. The standard InChI is InChI=1S/C17H15BrClNO4/c1-10-7-12(18)8-13(19)15(10)23-9-14(21)24-16(17(20)22)11-5-3-2-4-6-11/h2-8,16H,9H2,1H3,(H2,20,22). The average Bonchev–Trinajstić information content (AvgIpc) is 2.52. The molecule has 0 heterocycles. The molecule has 2 aromatic rings. The van der Waals surface area contributed by atoms with Crippen LogP contribution in [0.3, 0.4) is 0 Å². The monoisotopic (exact) mass is 411 g/mol. The minimum absolute atomic E-state index is 0.365. The van der Waals surface area contributed by atoms with Gasteiger partial charge in [-0.25, -0.2) is 4.79 Å². The fourth-order valence-corrected chi connectivity index (χ4v) is 3.11. The lowest BCUT2D eigenvalue weighted by Gasteiger charge is -2.16. The van der Waals surface area contributed by atoms with E-state index in [1.165, 1.54) is 0 Å². The fraction of sp³-hybridized carbons (Fsp3) is 0.176. The zero-order chi connectivity index (χ0) is 17.7. The summed E-state index contributed by atoms with van der Waals surface area (Å²) in [5.74, 6) is -1.10. The first-order valence-corrected chi connectivity index (χ1v) is 8.17. The molecule has 0 saturated carbocycles. The number of hydrogen-bond donors (Lipinski definition) is 1. The molecule has 0 radical (unpaired) electrons. The number of halogens is 2. The van der Waals surface area contributed by atoms with Gasteiger partial charge in [-0.3, -0.25) is 4.79 Å². The highest BCUT2D eigenvalue weighted by Crippen LogP contribution is 2.32. The highest BCUT2D eigenvalue weighted by Gasteiger charge is 2.23. The SMILES string of the molecule is Cc1cc(Br)cc(Cl)c1OCC(=O)OC(C(N)=O)c1ccccc1. The Morgan fingerprint density at radius 3 is 2.50 bits per heavy atom. The molecule has 0 aliphatic carbocycles. The Morgan fingerprint density at radius 2 is 1.92 bits per heavy atom. The van der Waals surface area contributed by atoms with Crippen LogP contribution in [0.15, 0.2) is 46.9 Å². The number of amides is 1. The van der Waals surface area contributed by atoms with E-state index >= 15 is 0 Å². The van der Waals surface area contributed by atoms with Gasteiger partial charge in [-0.15, -0.1) is 0 Å². The third-order valence-corrected chi connectivity index (χ3v) is 3.88. The summed E-state index contributed by atoms with van der Waals surface area (Å²) < 4.78 is 11.4. The van der Waals surface area contributed by atoms with E-state index in [0.717, 1.165) is 10.0 Å². The molecule has 0 aromatic heterocycles. The summed E-state index contributed by atoms with van der Waals surface area (Å²) in [6.07, 6.45) is -1.16. The van der Waals surface area contributed by atoms with Crippen LogP contribution in [0, 0.1) is 6.92 Å². The van der Waals surface area contributed by atoms with Gasteiger partial charge in [0.25, 0.3) is 5.91 Å². The number of benzene rings is 2. The molecule has 2 aromatic carbocycles. The zero-order valence-corrected chi connectivity index (χ0v) is 15.1. The molecule has 0 aliphatic rings. The minimum Gasteiger partial charge on any atom is -0.480 e. The molecule has 1 unspecified atom stereocenters. The van der Waals surface area contributed by atoms with E-state index in [0.29, 0.717) is 16.3 Å². The lowest BCUT2D eigenvalue weighted by atomic mass is 10.1. The normalized spacial score (nSPS) is 11.6. The largest absolute Gasteiger partial charge is 0.480 e. The third kappa shape index (κ3) is 4.72. The molecule has 0 spiro atoms. The molecule has 7 heteroatoms. The summed E-state index contributed by atoms with van der Waals surface area (Å²) in [4.78, 5) is 23.5. The maximum atomic E-state index is 12.0. The van der Waals surface area contributed by atoms with Gasteiger partial charge in [0.15, 0.2) is 6.61 Å². The van der Waals surface area contributed by atoms with E-state index in [2.05, 4.69) is 15.9 Å². The summed E-state index contributed by atoms with van der Waals surface area (Å²) in [5, 5.41) is 0.365. The number of rotatable bonds is 6. The minimum atomic E-state index is -1.16. The first-order valence-electron chi connectivity index (χ1n) is 7.00. The van der Waals surface area contributed by atoms with Crippen molar-refractivity contribution < 1.29 is 19.1 Å². The molecule has 2 rings (SSSR count). The number of nitrogens with two attached hydrogens (primary N) is 1. The second kappa shape index (κ2) is 8.17. The van der Waals surface area contributed by atoms with Gasteiger partial charge in [0, 0.05) is 10.0 Å². The Hall–Kier alpha value is -2.05. The van der Waals surface area contributed by atoms with Crippen LogP contribution in [0.1, 0.15) is 17.2 Å². The number of carbonyl (C=O) groups is 2. The van der Waals surface area contributed by atoms with Crippen LogP contribution < -0.4 is 10.5 Å². The number of hydrogen-bond acceptors (Lipinski definition) is 4. The Kier molecular flexibility index (Phi) is 6.23. The number of aryl methyl sites for hydroxylation is 1. The Morgan fingerprint density at radius 1 is 1.25 bits per heavy atom. The molecule has 5 nitrogen and oxygen atoms in total. The van der Waals surface area contributed by atoms with Crippen molar-refractivity contribution in [1.29, 1.82) is 0 Å². The van der Waals surface area contributed by atoms with Crippen molar-refractivity contribution >= 4 is 39.4 Å². The van der Waals surface area contributed by atoms with E-state index in [1.807, 2.05) is 6.07 Å². The molecular weight excluding hydrogens is 398 g/mol. The quantitative estimate of drug-likeness (QED) is 0.736. The number of esters is 1. The summed E-state index contributed by atoms with van der Waals surface area (Å²) in [6, 6.07) is 12.0. The molecule has 1 amide bonds. The predicted molar refractivity (Wildman–Crippen MR) is 93.9 cm³/mol. The highest BCUT2D eigenvalue weighted by atomic mass is 79.9. The summed E-state index contributed by atoms with van der Waals surface area (Å²) >= 11 is 9.41. The van der Waals surface area contributed by atoms with Crippen molar-refractivity contribution in [2.75, 3.05) is 6.61 Å². The van der Waals surface area contributed by atoms with Crippen LogP contribution in [0.25, 0.3) is 0 Å². The predicted octanol–water partition coefficient (Wildman–Crippen LogP) is 3.56. The van der Waals surface area contributed by atoms with E-state index in [9.17, 15) is 9.59 Å². The van der Waals surface area contributed by atoms with Crippen LogP contribution in [0.2, 0.25) is 5.02 Å². The molecule has 1 atom stereocenters. The van der Waals surface area contributed by atoms with Gasteiger partial charge in [-0.2, -0.15) is 0 Å². The molecule has 24 heavy (non-hydrogen) atoms. The summed E-state index contributed by atoms with van der Waals surface area (Å²) in [6.45, 7) is 1.41. The van der Waals surface area contributed by atoms with E-state index in [1.54, 1.807) is 43.3 Å². The lowest BCUT2D eigenvalue weighted by Crippen LogP contribution is -2.28. The van der Waals surface area contributed by atoms with Crippen molar-refractivity contribution in [3.05, 3.63) is 63.1 Å². The Balaban J connectivity index is 2.04. The van der Waals surface area contributed by atoms with Crippen LogP contribution in [-0.2, 0) is 14.3 Å². The number of carbonyl (C=O) groups excluding carboxylic acids is 2. The molecule has 126 valence electrons. The molecular formula is C17H15BrClNO4. The Bertz CT molecular complexity index is 729. The first-order chi connectivity index (χ1) is 11.4. The van der Waals surface area contributed by atoms with Crippen molar-refractivity contribution in [2.45, 2.75) is 13.0 Å². The second-order valence-corrected chi connectivity index (χ2v) is 6.33. The molecule has 0 fully saturated rings. The van der Waals surface area contributed by atoms with Gasteiger partial charge in [-0.1, -0.05) is 57.9 Å². The summed E-state index contributed by atoms with van der Waals surface area (Å²) in [5.41, 5.74) is 6.56. The van der Waals surface area contributed by atoms with Crippen LogP contribution in [0.5, 0.6) is 5.75 Å². The molecule has 0 saturated heterocycles. The van der Waals surface area contributed by atoms with Crippen molar-refractivity contribution in [1.82, 2.24) is 0 Å². The maximum absolute atomic E-state index is 12.0. The number of primary amides is 1. The van der Waals surface area contributed by atoms with Crippen LogP contribution in [-0.4, -0.2) is 18.5 Å². The van der Waals surface area contributed by atoms with Crippen molar-refractivity contribution in [2.24, 2.45) is 5.73 Å². The second-order valence-electron chi connectivity index (χ2n) is 5.01.